The smallest absolute Gasteiger partial charge is 0.148 e. The van der Waals surface area contributed by atoms with Crippen molar-refractivity contribution in [3.63, 3.8) is 0 Å². The number of hydrogen-bond donors (Lipinski definition) is 2. The molecule has 3 aromatic rings. The van der Waals surface area contributed by atoms with Gasteiger partial charge in [0.15, 0.2) is 0 Å². The molecule has 7 heteroatoms. The summed E-state index contributed by atoms with van der Waals surface area (Å²) in [5, 5.41) is 18.8. The molecule has 0 aliphatic heterocycles. The highest BCUT2D eigenvalue weighted by Crippen LogP contribution is 2.29. The minimum atomic E-state index is 0.809. The van der Waals surface area contributed by atoms with E-state index in [1.807, 2.05) is 37.4 Å². The lowest BCUT2D eigenvalue weighted by molar-refractivity contribution is 0.848. The fourth-order valence-corrected chi connectivity index (χ4v) is 3.48. The van der Waals surface area contributed by atoms with Crippen molar-refractivity contribution >= 4 is 33.1 Å². The summed E-state index contributed by atoms with van der Waals surface area (Å²) in [6.07, 6.45) is 3.93. The van der Waals surface area contributed by atoms with Crippen molar-refractivity contribution < 1.29 is 0 Å². The number of rotatable bonds is 6. The van der Waals surface area contributed by atoms with Gasteiger partial charge in [-0.15, -0.1) is 21.5 Å². The highest BCUT2D eigenvalue weighted by molar-refractivity contribution is 9.11. The number of hydrogen-bond acceptors (Lipinski definition) is 5. The zero-order chi connectivity index (χ0) is 15.4. The normalized spacial score (nSPS) is 10.8. The Hall–Kier alpha value is -1.73. The van der Waals surface area contributed by atoms with Crippen molar-refractivity contribution in [1.82, 2.24) is 20.4 Å². The first-order valence-corrected chi connectivity index (χ1v) is 8.65. The maximum atomic E-state index is 4.27. The number of halogens is 1. The van der Waals surface area contributed by atoms with Crippen molar-refractivity contribution in [3.05, 3.63) is 45.5 Å². The molecule has 3 rings (SSSR count). The van der Waals surface area contributed by atoms with E-state index in [-0.39, 0.29) is 0 Å². The van der Waals surface area contributed by atoms with Gasteiger partial charge in [-0.2, -0.15) is 5.10 Å². The Morgan fingerprint density at radius 3 is 2.77 bits per heavy atom. The van der Waals surface area contributed by atoms with Gasteiger partial charge in [-0.05, 0) is 65.5 Å². The lowest BCUT2D eigenvalue weighted by atomic mass is 10.1. The molecular weight excluding hydrogens is 362 g/mol. The first kappa shape index (κ1) is 15.2. The van der Waals surface area contributed by atoms with E-state index in [1.165, 1.54) is 5.56 Å². The zero-order valence-electron chi connectivity index (χ0n) is 12.1. The molecule has 0 amide bonds. The third-order valence-electron chi connectivity index (χ3n) is 3.35. The van der Waals surface area contributed by atoms with E-state index in [0.717, 1.165) is 45.3 Å². The predicted octanol–water partition coefficient (Wildman–Crippen LogP) is 4.04. The van der Waals surface area contributed by atoms with Crippen molar-refractivity contribution in [1.29, 1.82) is 0 Å². The SMILES string of the molecule is Cc1[nH]ncc1CCCNc1ccc(-c2ccc(Br)s2)nn1. The summed E-state index contributed by atoms with van der Waals surface area (Å²) in [5.74, 6) is 0.809. The predicted molar refractivity (Wildman–Crippen MR) is 93.2 cm³/mol. The number of anilines is 1. The average Bonchev–Trinajstić information content (AvgIpc) is 3.13. The molecule has 22 heavy (non-hydrogen) atoms. The second-order valence-electron chi connectivity index (χ2n) is 4.96. The van der Waals surface area contributed by atoms with Gasteiger partial charge in [0.25, 0.3) is 0 Å². The molecule has 0 aromatic carbocycles. The van der Waals surface area contributed by atoms with E-state index in [0.29, 0.717) is 0 Å². The highest BCUT2D eigenvalue weighted by atomic mass is 79.9. The highest BCUT2D eigenvalue weighted by Gasteiger charge is 2.04. The Morgan fingerprint density at radius 1 is 1.23 bits per heavy atom. The topological polar surface area (TPSA) is 66.5 Å². The van der Waals surface area contributed by atoms with Crippen LogP contribution in [0, 0.1) is 6.92 Å². The fourth-order valence-electron chi connectivity index (χ4n) is 2.13. The van der Waals surface area contributed by atoms with Gasteiger partial charge < -0.3 is 5.32 Å². The lowest BCUT2D eigenvalue weighted by Gasteiger charge is -2.05. The Labute approximate surface area is 141 Å². The van der Waals surface area contributed by atoms with Crippen molar-refractivity contribution in [2.75, 3.05) is 11.9 Å². The molecule has 0 aliphatic rings. The van der Waals surface area contributed by atoms with E-state index < -0.39 is 0 Å². The van der Waals surface area contributed by atoms with Crippen LogP contribution in [0.5, 0.6) is 0 Å². The molecule has 0 atom stereocenters. The number of nitrogens with one attached hydrogen (secondary N) is 2. The van der Waals surface area contributed by atoms with Crippen LogP contribution in [-0.2, 0) is 6.42 Å². The lowest BCUT2D eigenvalue weighted by Crippen LogP contribution is -2.05. The fraction of sp³-hybridized carbons (Fsp3) is 0.267. The largest absolute Gasteiger partial charge is 0.369 e. The molecule has 0 saturated carbocycles. The monoisotopic (exact) mass is 377 g/mol. The average molecular weight is 378 g/mol. The first-order chi connectivity index (χ1) is 10.7. The maximum Gasteiger partial charge on any atom is 0.148 e. The minimum absolute atomic E-state index is 0.809. The molecule has 0 fully saturated rings. The Balaban J connectivity index is 1.50. The van der Waals surface area contributed by atoms with Crippen LogP contribution in [0.1, 0.15) is 17.7 Å². The van der Waals surface area contributed by atoms with Crippen molar-refractivity contribution in [2.24, 2.45) is 0 Å². The number of thiophene rings is 1. The molecular formula is C15H16BrN5S. The molecule has 0 bridgehead atoms. The third-order valence-corrected chi connectivity index (χ3v) is 5.00. The quantitative estimate of drug-likeness (QED) is 0.636. The summed E-state index contributed by atoms with van der Waals surface area (Å²) in [4.78, 5) is 1.11. The van der Waals surface area contributed by atoms with Crippen LogP contribution in [0.3, 0.4) is 0 Å². The molecule has 0 radical (unpaired) electrons. The number of H-pyrrole nitrogens is 1. The van der Waals surface area contributed by atoms with Gasteiger partial charge in [0.1, 0.15) is 11.5 Å². The van der Waals surface area contributed by atoms with Crippen LogP contribution in [0.4, 0.5) is 5.82 Å². The number of aryl methyl sites for hydroxylation is 2. The first-order valence-electron chi connectivity index (χ1n) is 7.04. The van der Waals surface area contributed by atoms with E-state index in [1.54, 1.807) is 11.3 Å². The van der Waals surface area contributed by atoms with Crippen LogP contribution in [0.2, 0.25) is 0 Å². The van der Waals surface area contributed by atoms with Crippen molar-refractivity contribution in [3.8, 4) is 10.6 Å². The van der Waals surface area contributed by atoms with Crippen LogP contribution in [0.25, 0.3) is 10.6 Å². The molecule has 0 aliphatic carbocycles. The molecule has 0 unspecified atom stereocenters. The summed E-state index contributed by atoms with van der Waals surface area (Å²) in [6, 6.07) is 8.03. The van der Waals surface area contributed by atoms with Gasteiger partial charge >= 0.3 is 0 Å². The van der Waals surface area contributed by atoms with E-state index in [4.69, 9.17) is 0 Å². The summed E-state index contributed by atoms with van der Waals surface area (Å²) in [5.41, 5.74) is 3.31. The number of aromatic amines is 1. The van der Waals surface area contributed by atoms with Gasteiger partial charge in [0.2, 0.25) is 0 Å². The summed E-state index contributed by atoms with van der Waals surface area (Å²) >= 11 is 5.11. The molecule has 3 aromatic heterocycles. The standard InChI is InChI=1S/C15H16BrN5S/c1-10-11(9-18-19-10)3-2-8-17-15-7-4-12(20-21-15)13-5-6-14(16)22-13/h4-7,9H,2-3,8H2,1H3,(H,17,21)(H,18,19). The van der Waals surface area contributed by atoms with Gasteiger partial charge in [0, 0.05) is 12.2 Å². The van der Waals surface area contributed by atoms with Gasteiger partial charge in [0.05, 0.1) is 14.9 Å². The number of aromatic nitrogens is 4. The molecule has 114 valence electrons. The van der Waals surface area contributed by atoms with Crippen LogP contribution < -0.4 is 5.32 Å². The molecule has 2 N–H and O–H groups in total. The Kier molecular flexibility index (Phi) is 4.84. The van der Waals surface area contributed by atoms with Gasteiger partial charge in [-0.25, -0.2) is 0 Å². The van der Waals surface area contributed by atoms with Crippen molar-refractivity contribution in [2.45, 2.75) is 19.8 Å². The summed E-state index contributed by atoms with van der Waals surface area (Å²) in [6.45, 7) is 2.91. The second-order valence-corrected chi connectivity index (χ2v) is 7.42. The zero-order valence-corrected chi connectivity index (χ0v) is 14.5. The van der Waals surface area contributed by atoms with Crippen LogP contribution in [-0.4, -0.2) is 26.9 Å². The van der Waals surface area contributed by atoms with Gasteiger partial charge in [-0.1, -0.05) is 0 Å². The van der Waals surface area contributed by atoms with E-state index in [9.17, 15) is 0 Å². The summed E-state index contributed by atoms with van der Waals surface area (Å²) in [7, 11) is 0. The maximum absolute atomic E-state index is 4.27. The van der Waals surface area contributed by atoms with Gasteiger partial charge in [-0.3, -0.25) is 5.10 Å². The Morgan fingerprint density at radius 2 is 2.14 bits per heavy atom. The summed E-state index contributed by atoms with van der Waals surface area (Å²) < 4.78 is 1.10. The molecule has 0 saturated heterocycles. The van der Waals surface area contributed by atoms with E-state index >= 15 is 0 Å². The molecule has 3 heterocycles. The van der Waals surface area contributed by atoms with Crippen LogP contribution in [0.15, 0.2) is 34.2 Å². The molecule has 5 nitrogen and oxygen atoms in total. The third kappa shape index (κ3) is 3.72. The Bertz CT molecular complexity index is 734. The van der Waals surface area contributed by atoms with E-state index in [2.05, 4.69) is 41.6 Å². The second kappa shape index (κ2) is 7.02. The number of nitrogens with zero attached hydrogens (tertiary/aromatic N) is 3. The minimum Gasteiger partial charge on any atom is -0.369 e. The van der Waals surface area contributed by atoms with Crippen LogP contribution >= 0.6 is 27.3 Å². The molecule has 0 spiro atoms.